The highest BCUT2D eigenvalue weighted by molar-refractivity contribution is 7.09. The molecule has 0 atom stereocenters. The van der Waals surface area contributed by atoms with Gasteiger partial charge < -0.3 is 15.0 Å². The number of methoxy groups -OCH3 is 1. The first kappa shape index (κ1) is 17.7. The van der Waals surface area contributed by atoms with Gasteiger partial charge in [0.25, 0.3) is 0 Å². The normalized spacial score (nSPS) is 15.1. The lowest BCUT2D eigenvalue weighted by Crippen LogP contribution is -2.40. The fourth-order valence-corrected chi connectivity index (χ4v) is 4.10. The van der Waals surface area contributed by atoms with Gasteiger partial charge in [0.15, 0.2) is 0 Å². The highest BCUT2D eigenvalue weighted by Crippen LogP contribution is 2.31. The second-order valence-electron chi connectivity index (χ2n) is 6.62. The van der Waals surface area contributed by atoms with Gasteiger partial charge in [0.2, 0.25) is 5.91 Å². The molecule has 1 aliphatic rings. The molecular formula is C20H22N4O2S. The minimum atomic E-state index is 0.0591. The van der Waals surface area contributed by atoms with Gasteiger partial charge in [0.05, 0.1) is 19.2 Å². The zero-order valence-electron chi connectivity index (χ0n) is 15.2. The van der Waals surface area contributed by atoms with Crippen LogP contribution >= 0.6 is 11.3 Å². The van der Waals surface area contributed by atoms with Crippen molar-refractivity contribution in [3.05, 3.63) is 47.0 Å². The first-order chi connectivity index (χ1) is 13.2. The second-order valence-corrected chi connectivity index (χ2v) is 7.60. The predicted octanol–water partition coefficient (Wildman–Crippen LogP) is 3.23. The van der Waals surface area contributed by atoms with Crippen molar-refractivity contribution < 1.29 is 9.53 Å². The molecule has 140 valence electrons. The van der Waals surface area contributed by atoms with Crippen molar-refractivity contribution in [3.8, 4) is 5.75 Å². The van der Waals surface area contributed by atoms with E-state index in [1.54, 1.807) is 24.6 Å². The van der Waals surface area contributed by atoms with Crippen LogP contribution in [0.4, 0.5) is 5.69 Å². The Balaban J connectivity index is 1.42. The Morgan fingerprint density at radius 2 is 2.11 bits per heavy atom. The van der Waals surface area contributed by atoms with Crippen LogP contribution in [0.2, 0.25) is 0 Å². The molecule has 1 aliphatic heterocycles. The summed E-state index contributed by atoms with van der Waals surface area (Å²) < 4.78 is 5.37. The number of hydrogen-bond acceptors (Lipinski definition) is 6. The molecule has 0 unspecified atom stereocenters. The van der Waals surface area contributed by atoms with Crippen LogP contribution in [0.5, 0.6) is 5.75 Å². The van der Waals surface area contributed by atoms with Gasteiger partial charge in [-0.05, 0) is 37.1 Å². The Morgan fingerprint density at radius 3 is 2.85 bits per heavy atom. The van der Waals surface area contributed by atoms with Gasteiger partial charge in [0.1, 0.15) is 10.8 Å². The van der Waals surface area contributed by atoms with E-state index < -0.39 is 0 Å². The third-order valence-corrected chi connectivity index (χ3v) is 5.81. The first-order valence-corrected chi connectivity index (χ1v) is 9.96. The largest absolute Gasteiger partial charge is 0.497 e. The first-order valence-electron chi connectivity index (χ1n) is 9.08. The number of piperidine rings is 1. The van der Waals surface area contributed by atoms with E-state index in [4.69, 9.17) is 4.74 Å². The quantitative estimate of drug-likeness (QED) is 0.734. The molecule has 2 aromatic heterocycles. The highest BCUT2D eigenvalue weighted by Gasteiger charge is 2.26. The van der Waals surface area contributed by atoms with Crippen LogP contribution in [0.25, 0.3) is 10.9 Å². The summed E-state index contributed by atoms with van der Waals surface area (Å²) in [7, 11) is 1.67. The van der Waals surface area contributed by atoms with Crippen LogP contribution in [0, 0.1) is 5.92 Å². The molecule has 7 heteroatoms. The van der Waals surface area contributed by atoms with Crippen LogP contribution < -0.4 is 15.0 Å². The van der Waals surface area contributed by atoms with Gasteiger partial charge in [-0.2, -0.15) is 0 Å². The number of thiazole rings is 1. The number of rotatable bonds is 5. The number of nitrogens with one attached hydrogen (secondary N) is 1. The smallest absolute Gasteiger partial charge is 0.223 e. The number of pyridine rings is 1. The van der Waals surface area contributed by atoms with Crippen molar-refractivity contribution in [1.82, 2.24) is 15.3 Å². The number of benzene rings is 1. The van der Waals surface area contributed by atoms with Crippen molar-refractivity contribution in [1.29, 1.82) is 0 Å². The van der Waals surface area contributed by atoms with Crippen LogP contribution in [0.3, 0.4) is 0 Å². The Kier molecular flexibility index (Phi) is 5.20. The van der Waals surface area contributed by atoms with Crippen LogP contribution in [0.1, 0.15) is 17.8 Å². The van der Waals surface area contributed by atoms with E-state index in [0.717, 1.165) is 53.3 Å². The van der Waals surface area contributed by atoms with Gasteiger partial charge in [-0.25, -0.2) is 4.98 Å². The van der Waals surface area contributed by atoms with Crippen LogP contribution in [-0.2, 0) is 11.3 Å². The molecule has 3 aromatic rings. The molecule has 0 spiro atoms. The summed E-state index contributed by atoms with van der Waals surface area (Å²) in [5, 5.41) is 6.97. The molecule has 1 amide bonds. The molecule has 6 nitrogen and oxygen atoms in total. The molecule has 0 bridgehead atoms. The van der Waals surface area contributed by atoms with E-state index in [9.17, 15) is 4.79 Å². The standard InChI is InChI=1S/C20H22N4O2S/c1-26-15-2-3-17-16(12-15)18(4-7-21-17)24-9-5-14(6-10-24)20(25)23-13-19-22-8-11-27-19/h2-4,7-8,11-12,14H,5-6,9-10,13H2,1H3,(H,23,25). The molecule has 1 N–H and O–H groups in total. The summed E-state index contributed by atoms with van der Waals surface area (Å²) in [6.45, 7) is 2.23. The average Bonchev–Trinajstić information content (AvgIpc) is 3.25. The molecule has 1 fully saturated rings. The van der Waals surface area contributed by atoms with E-state index in [2.05, 4.69) is 20.2 Å². The summed E-state index contributed by atoms with van der Waals surface area (Å²) in [4.78, 5) is 23.5. The van der Waals surface area contributed by atoms with E-state index in [-0.39, 0.29) is 11.8 Å². The zero-order valence-corrected chi connectivity index (χ0v) is 16.0. The highest BCUT2D eigenvalue weighted by atomic mass is 32.1. The van der Waals surface area contributed by atoms with E-state index >= 15 is 0 Å². The summed E-state index contributed by atoms with van der Waals surface area (Å²) in [6.07, 6.45) is 5.30. The van der Waals surface area contributed by atoms with Gasteiger partial charge >= 0.3 is 0 Å². The molecule has 1 saturated heterocycles. The molecule has 0 aliphatic carbocycles. The SMILES string of the molecule is COc1ccc2nccc(N3CCC(C(=O)NCc4nccs4)CC3)c2c1. The Bertz CT molecular complexity index is 921. The van der Waals surface area contributed by atoms with Gasteiger partial charge in [0, 0.05) is 47.9 Å². The van der Waals surface area contributed by atoms with Crippen molar-refractivity contribution in [2.75, 3.05) is 25.1 Å². The number of hydrogen-bond donors (Lipinski definition) is 1. The van der Waals surface area contributed by atoms with Gasteiger partial charge in [-0.3, -0.25) is 9.78 Å². The number of fused-ring (bicyclic) bond motifs is 1. The van der Waals surface area contributed by atoms with Crippen LogP contribution in [0.15, 0.2) is 42.0 Å². The van der Waals surface area contributed by atoms with Crippen molar-refractivity contribution in [3.63, 3.8) is 0 Å². The maximum absolute atomic E-state index is 12.5. The lowest BCUT2D eigenvalue weighted by atomic mass is 9.95. The fraction of sp³-hybridized carbons (Fsp3) is 0.350. The maximum atomic E-state index is 12.5. The van der Waals surface area contributed by atoms with Crippen molar-refractivity contribution >= 4 is 33.8 Å². The topological polar surface area (TPSA) is 67.3 Å². The van der Waals surface area contributed by atoms with Gasteiger partial charge in [-0.1, -0.05) is 0 Å². The Hall–Kier alpha value is -2.67. The average molecular weight is 382 g/mol. The predicted molar refractivity (Wildman–Crippen MR) is 107 cm³/mol. The van der Waals surface area contributed by atoms with E-state index in [1.165, 1.54) is 0 Å². The van der Waals surface area contributed by atoms with E-state index in [1.807, 2.05) is 35.8 Å². The number of carbonyl (C=O) groups is 1. The molecular weight excluding hydrogens is 360 g/mol. The lowest BCUT2D eigenvalue weighted by Gasteiger charge is -2.33. The Labute approximate surface area is 162 Å². The minimum Gasteiger partial charge on any atom is -0.497 e. The zero-order chi connectivity index (χ0) is 18.6. The third kappa shape index (κ3) is 3.88. The molecule has 4 rings (SSSR count). The number of nitrogens with zero attached hydrogens (tertiary/aromatic N) is 3. The van der Waals surface area contributed by atoms with Gasteiger partial charge in [-0.15, -0.1) is 11.3 Å². The third-order valence-electron chi connectivity index (χ3n) is 5.03. The Morgan fingerprint density at radius 1 is 1.26 bits per heavy atom. The summed E-state index contributed by atoms with van der Waals surface area (Å²) >= 11 is 1.56. The number of amides is 1. The number of anilines is 1. The second kappa shape index (κ2) is 7.92. The number of carbonyl (C=O) groups excluding carboxylic acids is 1. The van der Waals surface area contributed by atoms with Crippen LogP contribution in [-0.4, -0.2) is 36.1 Å². The number of ether oxygens (including phenoxy) is 1. The maximum Gasteiger partial charge on any atom is 0.223 e. The molecule has 1 aromatic carbocycles. The molecule has 3 heterocycles. The van der Waals surface area contributed by atoms with Crippen molar-refractivity contribution in [2.45, 2.75) is 19.4 Å². The molecule has 27 heavy (non-hydrogen) atoms. The molecule has 0 radical (unpaired) electrons. The minimum absolute atomic E-state index is 0.0591. The summed E-state index contributed by atoms with van der Waals surface area (Å²) in [5.74, 6) is 1.02. The molecule has 0 saturated carbocycles. The van der Waals surface area contributed by atoms with Crippen molar-refractivity contribution in [2.24, 2.45) is 5.92 Å². The number of aromatic nitrogens is 2. The van der Waals surface area contributed by atoms with E-state index in [0.29, 0.717) is 6.54 Å². The summed E-state index contributed by atoms with van der Waals surface area (Å²) in [5.41, 5.74) is 2.11. The summed E-state index contributed by atoms with van der Waals surface area (Å²) in [6, 6.07) is 7.99. The fourth-order valence-electron chi connectivity index (χ4n) is 3.54. The lowest BCUT2D eigenvalue weighted by molar-refractivity contribution is -0.125. The monoisotopic (exact) mass is 382 g/mol.